The van der Waals surface area contributed by atoms with E-state index >= 15 is 0 Å². The van der Waals surface area contributed by atoms with Crippen molar-refractivity contribution in [1.29, 1.82) is 0 Å². The molecule has 0 unspecified atom stereocenters. The second-order valence-corrected chi connectivity index (χ2v) is 6.19. The molecule has 1 aliphatic rings. The van der Waals surface area contributed by atoms with E-state index in [0.29, 0.717) is 11.7 Å². The van der Waals surface area contributed by atoms with E-state index < -0.39 is 0 Å². The summed E-state index contributed by atoms with van der Waals surface area (Å²) in [5.74, 6) is -0.172. The Hall–Kier alpha value is -1.33. The second-order valence-electron chi connectivity index (χ2n) is 5.83. The van der Waals surface area contributed by atoms with Crippen molar-refractivity contribution in [2.45, 2.75) is 32.6 Å². The Labute approximate surface area is 130 Å². The summed E-state index contributed by atoms with van der Waals surface area (Å²) >= 11 is 6.11. The van der Waals surface area contributed by atoms with Gasteiger partial charge >= 0.3 is 0 Å². The molecule has 6 heteroatoms. The number of aliphatic hydroxyl groups is 1. The average Bonchev–Trinajstić information content (AvgIpc) is 3.02. The molecular weight excluding hydrogens is 290 g/mol. The molecule has 1 aromatic rings. The predicted molar refractivity (Wildman–Crippen MR) is 83.0 cm³/mol. The quantitative estimate of drug-likeness (QED) is 0.818. The normalized spacial score (nSPS) is 17.5. The summed E-state index contributed by atoms with van der Waals surface area (Å²) in [5, 5.41) is 17.1. The molecule has 0 atom stereocenters. The van der Waals surface area contributed by atoms with Crippen LogP contribution in [0.15, 0.2) is 6.08 Å². The van der Waals surface area contributed by atoms with Crippen LogP contribution in [0.2, 0.25) is 5.15 Å². The molecule has 1 amide bonds. The summed E-state index contributed by atoms with van der Waals surface area (Å²) in [6, 6.07) is 0. The summed E-state index contributed by atoms with van der Waals surface area (Å²) in [6.07, 6.45) is 7.34. The van der Waals surface area contributed by atoms with Gasteiger partial charge in [0.2, 0.25) is 5.91 Å². The summed E-state index contributed by atoms with van der Waals surface area (Å²) < 4.78 is 1.58. The van der Waals surface area contributed by atoms with Crippen LogP contribution in [0.5, 0.6) is 0 Å². The zero-order chi connectivity index (χ0) is 15.5. The Balaban J connectivity index is 1.94. The minimum atomic E-state index is -0.172. The highest BCUT2D eigenvalue weighted by Crippen LogP contribution is 2.36. The molecule has 1 aliphatic carbocycles. The first-order valence-electron chi connectivity index (χ1n) is 7.23. The molecule has 1 saturated carbocycles. The molecule has 5 nitrogen and oxygen atoms in total. The Morgan fingerprint density at radius 2 is 2.19 bits per heavy atom. The number of hydrogen-bond donors (Lipinski definition) is 2. The standard InChI is InChI=1S/C15H22ClN3O2/c1-11-12(14(16)19(2)18-11)5-6-13(21)17-9-15(10-20)7-3-4-8-15/h5-6,20H,3-4,7-10H2,1-2H3,(H,17,21)/b6-5+. The Morgan fingerprint density at radius 3 is 2.71 bits per heavy atom. The maximum atomic E-state index is 11.9. The molecule has 116 valence electrons. The molecule has 0 bridgehead atoms. The molecule has 21 heavy (non-hydrogen) atoms. The number of amides is 1. The molecule has 0 aliphatic heterocycles. The second kappa shape index (κ2) is 6.62. The van der Waals surface area contributed by atoms with Gasteiger partial charge in [-0.05, 0) is 25.8 Å². The minimum absolute atomic E-state index is 0.129. The van der Waals surface area contributed by atoms with E-state index in [9.17, 15) is 9.90 Å². The molecule has 2 rings (SSSR count). The van der Waals surface area contributed by atoms with Crippen LogP contribution in [0, 0.1) is 12.3 Å². The van der Waals surface area contributed by atoms with Crippen molar-refractivity contribution >= 4 is 23.6 Å². The summed E-state index contributed by atoms with van der Waals surface area (Å²) in [5.41, 5.74) is 1.41. The van der Waals surface area contributed by atoms with Gasteiger partial charge in [0.1, 0.15) is 5.15 Å². The van der Waals surface area contributed by atoms with Crippen LogP contribution in [-0.4, -0.2) is 33.9 Å². The number of carbonyl (C=O) groups is 1. The highest BCUT2D eigenvalue weighted by atomic mass is 35.5. The van der Waals surface area contributed by atoms with E-state index in [1.165, 1.54) is 6.08 Å². The van der Waals surface area contributed by atoms with Crippen molar-refractivity contribution in [3.63, 3.8) is 0 Å². The van der Waals surface area contributed by atoms with E-state index in [2.05, 4.69) is 10.4 Å². The molecule has 0 saturated heterocycles. The summed E-state index contributed by atoms with van der Waals surface area (Å²) in [4.78, 5) is 11.9. The Morgan fingerprint density at radius 1 is 1.52 bits per heavy atom. The molecular formula is C15H22ClN3O2. The molecule has 1 fully saturated rings. The smallest absolute Gasteiger partial charge is 0.244 e. The first-order valence-corrected chi connectivity index (χ1v) is 7.61. The number of carbonyl (C=O) groups excluding carboxylic acids is 1. The van der Waals surface area contributed by atoms with Crippen molar-refractivity contribution in [3.05, 3.63) is 22.5 Å². The molecule has 0 aromatic carbocycles. The summed E-state index contributed by atoms with van der Waals surface area (Å²) in [7, 11) is 1.76. The topological polar surface area (TPSA) is 67.2 Å². The fourth-order valence-electron chi connectivity index (χ4n) is 2.84. The molecule has 1 aromatic heterocycles. The Kier molecular flexibility index (Phi) is 5.06. The van der Waals surface area contributed by atoms with Gasteiger partial charge in [0, 0.05) is 30.6 Å². The fourth-order valence-corrected chi connectivity index (χ4v) is 3.08. The third kappa shape index (κ3) is 3.66. The van der Waals surface area contributed by atoms with Crippen LogP contribution >= 0.6 is 11.6 Å². The van der Waals surface area contributed by atoms with Gasteiger partial charge in [-0.15, -0.1) is 0 Å². The number of rotatable bonds is 5. The third-order valence-electron chi connectivity index (χ3n) is 4.23. The number of nitrogens with zero attached hydrogens (tertiary/aromatic N) is 2. The lowest BCUT2D eigenvalue weighted by molar-refractivity contribution is -0.117. The molecule has 2 N–H and O–H groups in total. The molecule has 0 radical (unpaired) electrons. The zero-order valence-corrected chi connectivity index (χ0v) is 13.3. The van der Waals surface area contributed by atoms with Gasteiger partial charge in [0.25, 0.3) is 0 Å². The van der Waals surface area contributed by atoms with Crippen molar-refractivity contribution in [1.82, 2.24) is 15.1 Å². The van der Waals surface area contributed by atoms with Crippen molar-refractivity contribution in [2.75, 3.05) is 13.2 Å². The maximum absolute atomic E-state index is 11.9. The highest BCUT2D eigenvalue weighted by Gasteiger charge is 2.33. The van der Waals surface area contributed by atoms with E-state index in [0.717, 1.165) is 36.9 Å². The summed E-state index contributed by atoms with van der Waals surface area (Å²) in [6.45, 7) is 2.50. The van der Waals surface area contributed by atoms with E-state index in [-0.39, 0.29) is 17.9 Å². The van der Waals surface area contributed by atoms with E-state index in [4.69, 9.17) is 11.6 Å². The number of nitrogens with one attached hydrogen (secondary N) is 1. The van der Waals surface area contributed by atoms with Gasteiger partial charge in [-0.3, -0.25) is 9.48 Å². The lowest BCUT2D eigenvalue weighted by atomic mass is 9.87. The monoisotopic (exact) mass is 311 g/mol. The van der Waals surface area contributed by atoms with Crippen LogP contribution in [0.1, 0.15) is 36.9 Å². The first-order chi connectivity index (χ1) is 9.97. The minimum Gasteiger partial charge on any atom is -0.396 e. The van der Waals surface area contributed by atoms with Gasteiger partial charge in [0.05, 0.1) is 12.3 Å². The number of aryl methyl sites for hydroxylation is 2. The van der Waals surface area contributed by atoms with Crippen LogP contribution < -0.4 is 5.32 Å². The van der Waals surface area contributed by atoms with Gasteiger partial charge in [0.15, 0.2) is 0 Å². The van der Waals surface area contributed by atoms with Crippen molar-refractivity contribution in [3.8, 4) is 0 Å². The van der Waals surface area contributed by atoms with Crippen LogP contribution in [0.3, 0.4) is 0 Å². The number of halogens is 1. The van der Waals surface area contributed by atoms with Crippen LogP contribution in [0.25, 0.3) is 6.08 Å². The SMILES string of the molecule is Cc1nn(C)c(Cl)c1/C=C/C(=O)NCC1(CO)CCCC1. The van der Waals surface area contributed by atoms with Gasteiger partial charge in [-0.25, -0.2) is 0 Å². The van der Waals surface area contributed by atoms with Crippen LogP contribution in [0.4, 0.5) is 0 Å². The van der Waals surface area contributed by atoms with E-state index in [1.807, 2.05) is 6.92 Å². The zero-order valence-electron chi connectivity index (χ0n) is 12.5. The van der Waals surface area contributed by atoms with Gasteiger partial charge in [-0.2, -0.15) is 5.10 Å². The van der Waals surface area contributed by atoms with Gasteiger partial charge in [-0.1, -0.05) is 24.4 Å². The molecule has 1 heterocycles. The van der Waals surface area contributed by atoms with Crippen molar-refractivity contribution in [2.24, 2.45) is 12.5 Å². The number of aliphatic hydroxyl groups excluding tert-OH is 1. The lowest BCUT2D eigenvalue weighted by Gasteiger charge is -2.26. The largest absolute Gasteiger partial charge is 0.396 e. The van der Waals surface area contributed by atoms with Crippen LogP contribution in [-0.2, 0) is 11.8 Å². The van der Waals surface area contributed by atoms with Gasteiger partial charge < -0.3 is 10.4 Å². The number of aromatic nitrogens is 2. The Bertz CT molecular complexity index is 545. The molecule has 0 spiro atoms. The van der Waals surface area contributed by atoms with E-state index in [1.54, 1.807) is 17.8 Å². The average molecular weight is 312 g/mol. The number of hydrogen-bond acceptors (Lipinski definition) is 3. The third-order valence-corrected chi connectivity index (χ3v) is 4.68. The first kappa shape index (κ1) is 16.0. The highest BCUT2D eigenvalue weighted by molar-refractivity contribution is 6.31. The fraction of sp³-hybridized carbons (Fsp3) is 0.600. The van der Waals surface area contributed by atoms with Crippen molar-refractivity contribution < 1.29 is 9.90 Å². The predicted octanol–water partition coefficient (Wildman–Crippen LogP) is 2.06. The lowest BCUT2D eigenvalue weighted by Crippen LogP contribution is -2.37. The maximum Gasteiger partial charge on any atom is 0.244 e.